The molecule has 0 aliphatic heterocycles. The van der Waals surface area contributed by atoms with Crippen LogP contribution in [-0.2, 0) is 6.54 Å². The molecule has 108 valence electrons. The molecule has 0 amide bonds. The van der Waals surface area contributed by atoms with Crippen molar-refractivity contribution in [1.82, 2.24) is 9.38 Å². The topological polar surface area (TPSA) is 47.8 Å². The first kappa shape index (κ1) is 13.3. The summed E-state index contributed by atoms with van der Waals surface area (Å²) < 4.78 is 12.5. The van der Waals surface area contributed by atoms with E-state index in [1.54, 1.807) is 14.2 Å². The van der Waals surface area contributed by atoms with Gasteiger partial charge < -0.3 is 19.2 Å². The minimum Gasteiger partial charge on any atom is -0.497 e. The molecule has 3 rings (SSSR count). The first-order valence-corrected chi connectivity index (χ1v) is 6.68. The van der Waals surface area contributed by atoms with Crippen molar-refractivity contribution >= 4 is 11.3 Å². The smallest absolute Gasteiger partial charge is 0.137 e. The van der Waals surface area contributed by atoms with E-state index in [1.165, 1.54) is 0 Å². The molecule has 0 fully saturated rings. The van der Waals surface area contributed by atoms with Gasteiger partial charge in [0.1, 0.15) is 17.1 Å². The average Bonchev–Trinajstić information content (AvgIpc) is 2.95. The van der Waals surface area contributed by atoms with Gasteiger partial charge in [0.25, 0.3) is 0 Å². The van der Waals surface area contributed by atoms with E-state index in [9.17, 15) is 0 Å². The Kier molecular flexibility index (Phi) is 3.64. The third-order valence-electron chi connectivity index (χ3n) is 3.24. The number of hydrogen-bond acceptors (Lipinski definition) is 4. The van der Waals surface area contributed by atoms with Crippen molar-refractivity contribution in [3.63, 3.8) is 0 Å². The standard InChI is InChI=1S/C16H17N3O2/c1-20-14-7-12(8-15(9-14)21-2)17-10-13-11-19-6-4-3-5-16(19)18-13/h3-9,11,17H,10H2,1-2H3. The van der Waals surface area contributed by atoms with Crippen molar-refractivity contribution in [1.29, 1.82) is 0 Å². The summed E-state index contributed by atoms with van der Waals surface area (Å²) in [6.07, 6.45) is 4.00. The van der Waals surface area contributed by atoms with Crippen LogP contribution in [0.4, 0.5) is 5.69 Å². The van der Waals surface area contributed by atoms with Crippen molar-refractivity contribution in [2.75, 3.05) is 19.5 Å². The molecule has 5 nitrogen and oxygen atoms in total. The minimum atomic E-state index is 0.637. The van der Waals surface area contributed by atoms with Gasteiger partial charge in [0.15, 0.2) is 0 Å². The zero-order valence-corrected chi connectivity index (χ0v) is 12.0. The van der Waals surface area contributed by atoms with Gasteiger partial charge in [0.05, 0.1) is 26.5 Å². The molecule has 0 aliphatic carbocycles. The summed E-state index contributed by atoms with van der Waals surface area (Å²) in [6, 6.07) is 11.6. The van der Waals surface area contributed by atoms with Gasteiger partial charge in [-0.25, -0.2) is 4.98 Å². The Balaban J connectivity index is 1.77. The van der Waals surface area contributed by atoms with Crippen LogP contribution in [0.15, 0.2) is 48.8 Å². The number of benzene rings is 1. The summed E-state index contributed by atoms with van der Waals surface area (Å²) in [6.45, 7) is 0.637. The van der Waals surface area contributed by atoms with E-state index in [2.05, 4.69) is 10.3 Å². The monoisotopic (exact) mass is 283 g/mol. The number of aromatic nitrogens is 2. The van der Waals surface area contributed by atoms with E-state index in [0.717, 1.165) is 28.5 Å². The molecule has 5 heteroatoms. The average molecular weight is 283 g/mol. The van der Waals surface area contributed by atoms with Crippen LogP contribution < -0.4 is 14.8 Å². The van der Waals surface area contributed by atoms with Gasteiger partial charge in [0.2, 0.25) is 0 Å². The number of fused-ring (bicyclic) bond motifs is 1. The Morgan fingerprint density at radius 3 is 2.52 bits per heavy atom. The summed E-state index contributed by atoms with van der Waals surface area (Å²) in [5.41, 5.74) is 2.85. The lowest BCUT2D eigenvalue weighted by atomic mass is 10.2. The lowest BCUT2D eigenvalue weighted by molar-refractivity contribution is 0.394. The molecule has 1 N–H and O–H groups in total. The van der Waals surface area contributed by atoms with Gasteiger partial charge in [-0.2, -0.15) is 0 Å². The molecule has 0 saturated heterocycles. The predicted molar refractivity (Wildman–Crippen MR) is 82.1 cm³/mol. The summed E-state index contributed by atoms with van der Waals surface area (Å²) in [7, 11) is 3.28. The summed E-state index contributed by atoms with van der Waals surface area (Å²) >= 11 is 0. The number of rotatable bonds is 5. The summed E-state index contributed by atoms with van der Waals surface area (Å²) in [5, 5.41) is 3.34. The van der Waals surface area contributed by atoms with Crippen LogP contribution in [0, 0.1) is 0 Å². The fourth-order valence-corrected chi connectivity index (χ4v) is 2.17. The van der Waals surface area contributed by atoms with Crippen molar-refractivity contribution in [3.05, 3.63) is 54.5 Å². The fourth-order valence-electron chi connectivity index (χ4n) is 2.17. The molecule has 0 unspecified atom stereocenters. The van der Waals surface area contributed by atoms with Crippen molar-refractivity contribution in [2.24, 2.45) is 0 Å². The third-order valence-corrected chi connectivity index (χ3v) is 3.24. The highest BCUT2D eigenvalue weighted by atomic mass is 16.5. The van der Waals surface area contributed by atoms with E-state index in [1.807, 2.05) is 53.2 Å². The number of hydrogen-bond donors (Lipinski definition) is 1. The number of ether oxygens (including phenoxy) is 2. The van der Waals surface area contributed by atoms with Gasteiger partial charge in [-0.1, -0.05) is 6.07 Å². The molecule has 0 atom stereocenters. The van der Waals surface area contributed by atoms with E-state index in [0.29, 0.717) is 6.54 Å². The lowest BCUT2D eigenvalue weighted by Crippen LogP contribution is -2.00. The summed E-state index contributed by atoms with van der Waals surface area (Å²) in [5.74, 6) is 1.51. The maximum atomic E-state index is 5.26. The van der Waals surface area contributed by atoms with Gasteiger partial charge in [-0.05, 0) is 12.1 Å². The normalized spacial score (nSPS) is 10.6. The van der Waals surface area contributed by atoms with Crippen LogP contribution in [-0.4, -0.2) is 23.6 Å². The molecule has 3 aromatic rings. The molecule has 0 bridgehead atoms. The molecule has 0 radical (unpaired) electrons. The van der Waals surface area contributed by atoms with Crippen LogP contribution >= 0.6 is 0 Å². The van der Waals surface area contributed by atoms with Crippen molar-refractivity contribution in [3.8, 4) is 11.5 Å². The highest BCUT2D eigenvalue weighted by Crippen LogP contribution is 2.26. The van der Waals surface area contributed by atoms with Crippen LogP contribution in [0.5, 0.6) is 11.5 Å². The highest BCUT2D eigenvalue weighted by Gasteiger charge is 2.04. The molecule has 0 aliphatic rings. The second kappa shape index (κ2) is 5.75. The SMILES string of the molecule is COc1cc(NCc2cn3ccccc3n2)cc(OC)c1. The molecule has 2 aromatic heterocycles. The largest absolute Gasteiger partial charge is 0.497 e. The fraction of sp³-hybridized carbons (Fsp3) is 0.188. The van der Waals surface area contributed by atoms with Gasteiger partial charge in [0, 0.05) is 36.3 Å². The molecule has 0 saturated carbocycles. The zero-order valence-electron chi connectivity index (χ0n) is 12.0. The number of pyridine rings is 1. The maximum Gasteiger partial charge on any atom is 0.137 e. The predicted octanol–water partition coefficient (Wildman–Crippen LogP) is 2.96. The molecule has 0 spiro atoms. The van der Waals surface area contributed by atoms with Crippen molar-refractivity contribution < 1.29 is 9.47 Å². The first-order valence-electron chi connectivity index (χ1n) is 6.68. The Labute approximate surface area is 123 Å². The molecular formula is C16H17N3O2. The zero-order chi connectivity index (χ0) is 14.7. The number of methoxy groups -OCH3 is 2. The van der Waals surface area contributed by atoms with Crippen LogP contribution in [0.2, 0.25) is 0 Å². The Hall–Kier alpha value is -2.69. The third kappa shape index (κ3) is 2.91. The van der Waals surface area contributed by atoms with Crippen LogP contribution in [0.3, 0.4) is 0 Å². The van der Waals surface area contributed by atoms with Crippen LogP contribution in [0.25, 0.3) is 5.65 Å². The quantitative estimate of drug-likeness (QED) is 0.782. The Morgan fingerprint density at radius 2 is 1.86 bits per heavy atom. The Bertz CT molecular complexity index is 697. The van der Waals surface area contributed by atoms with Crippen LogP contribution in [0.1, 0.15) is 5.69 Å². The number of nitrogens with one attached hydrogen (secondary N) is 1. The second-order valence-corrected chi connectivity index (χ2v) is 4.65. The lowest BCUT2D eigenvalue weighted by Gasteiger charge is -2.09. The van der Waals surface area contributed by atoms with E-state index in [-0.39, 0.29) is 0 Å². The molecule has 2 heterocycles. The Morgan fingerprint density at radius 1 is 1.10 bits per heavy atom. The van der Waals surface area contributed by atoms with Crippen molar-refractivity contribution in [2.45, 2.75) is 6.54 Å². The number of anilines is 1. The minimum absolute atomic E-state index is 0.637. The van der Waals surface area contributed by atoms with Gasteiger partial charge in [-0.15, -0.1) is 0 Å². The number of imidazole rings is 1. The van der Waals surface area contributed by atoms with Gasteiger partial charge in [-0.3, -0.25) is 0 Å². The first-order chi connectivity index (χ1) is 10.3. The second-order valence-electron chi connectivity index (χ2n) is 4.65. The van der Waals surface area contributed by atoms with Gasteiger partial charge >= 0.3 is 0 Å². The van der Waals surface area contributed by atoms with E-state index in [4.69, 9.17) is 9.47 Å². The number of nitrogens with zero attached hydrogens (tertiary/aromatic N) is 2. The summed E-state index contributed by atoms with van der Waals surface area (Å²) in [4.78, 5) is 4.55. The maximum absolute atomic E-state index is 5.26. The van der Waals surface area contributed by atoms with E-state index >= 15 is 0 Å². The van der Waals surface area contributed by atoms with E-state index < -0.39 is 0 Å². The molecule has 21 heavy (non-hydrogen) atoms. The molecular weight excluding hydrogens is 266 g/mol. The molecule has 1 aromatic carbocycles. The highest BCUT2D eigenvalue weighted by molar-refractivity contribution is 5.54.